The molecule has 5 N–H and O–H groups in total. The molecule has 29 heavy (non-hydrogen) atoms. The molecule has 3 aromatic rings. The minimum Gasteiger partial charge on any atom is -0.495 e. The Hall–Kier alpha value is -3.37. The van der Waals surface area contributed by atoms with Crippen molar-refractivity contribution < 1.29 is 13.2 Å². The molecule has 0 saturated carbocycles. The molecule has 0 aliphatic carbocycles. The van der Waals surface area contributed by atoms with E-state index in [1.165, 1.54) is 18.5 Å². The van der Waals surface area contributed by atoms with Gasteiger partial charge in [0, 0.05) is 0 Å². The van der Waals surface area contributed by atoms with Gasteiger partial charge in [-0.2, -0.15) is 0 Å². The highest BCUT2D eigenvalue weighted by Crippen LogP contribution is 2.31. The number of benzene rings is 2. The average molecular weight is 414 g/mol. The fourth-order valence-corrected chi connectivity index (χ4v) is 3.38. The van der Waals surface area contributed by atoms with Crippen LogP contribution in [0.1, 0.15) is 11.1 Å². The van der Waals surface area contributed by atoms with E-state index in [9.17, 15) is 8.42 Å². The maximum Gasteiger partial charge on any atom is 0.257 e. The molecule has 10 heteroatoms. The zero-order chi connectivity index (χ0) is 21.0. The summed E-state index contributed by atoms with van der Waals surface area (Å²) in [6, 6.07) is 12.1. The Morgan fingerprint density at radius 1 is 0.966 bits per heavy atom. The number of rotatable bonds is 7. The molecule has 0 amide bonds. The van der Waals surface area contributed by atoms with Gasteiger partial charge in [-0.15, -0.1) is 4.83 Å². The first kappa shape index (κ1) is 20.4. The van der Waals surface area contributed by atoms with Gasteiger partial charge in [0.15, 0.2) is 11.6 Å². The Labute approximate surface area is 169 Å². The second-order valence-corrected chi connectivity index (χ2v) is 8.04. The van der Waals surface area contributed by atoms with Crippen LogP contribution in [0, 0.1) is 13.8 Å². The molecular formula is C19H22N6O3S. The Morgan fingerprint density at radius 2 is 1.62 bits per heavy atom. The number of sulfonamides is 1. The van der Waals surface area contributed by atoms with Gasteiger partial charge < -0.3 is 15.8 Å². The third kappa shape index (κ3) is 4.73. The molecule has 0 unspecified atom stereocenters. The minimum atomic E-state index is -3.80. The van der Waals surface area contributed by atoms with Crippen LogP contribution in [0.5, 0.6) is 5.75 Å². The molecule has 0 bridgehead atoms. The number of ether oxygens (including phenoxy) is 1. The molecule has 0 aliphatic heterocycles. The second kappa shape index (κ2) is 8.33. The van der Waals surface area contributed by atoms with Gasteiger partial charge in [0.1, 0.15) is 17.8 Å². The van der Waals surface area contributed by atoms with E-state index in [1.54, 1.807) is 19.2 Å². The summed E-state index contributed by atoms with van der Waals surface area (Å²) in [5.41, 5.74) is 11.5. The second-order valence-electron chi connectivity index (χ2n) is 6.36. The van der Waals surface area contributed by atoms with Crippen LogP contribution in [0.4, 0.5) is 23.0 Å². The predicted molar refractivity (Wildman–Crippen MR) is 113 cm³/mol. The van der Waals surface area contributed by atoms with Crippen LogP contribution in [0.2, 0.25) is 0 Å². The number of nitrogens with two attached hydrogens (primary N) is 1. The van der Waals surface area contributed by atoms with E-state index in [4.69, 9.17) is 10.5 Å². The maximum atomic E-state index is 12.4. The van der Waals surface area contributed by atoms with Crippen molar-refractivity contribution in [1.82, 2.24) is 14.8 Å². The highest BCUT2D eigenvalue weighted by molar-refractivity contribution is 7.89. The Bertz CT molecular complexity index is 1120. The number of hydrogen-bond acceptors (Lipinski definition) is 8. The predicted octanol–water partition coefficient (Wildman–Crippen LogP) is 2.73. The molecule has 1 heterocycles. The van der Waals surface area contributed by atoms with Gasteiger partial charge in [0.25, 0.3) is 10.0 Å². The molecule has 3 rings (SSSR count). The van der Waals surface area contributed by atoms with Crippen molar-refractivity contribution in [3.05, 3.63) is 59.9 Å². The van der Waals surface area contributed by atoms with Crippen molar-refractivity contribution in [3.8, 4) is 5.75 Å². The van der Waals surface area contributed by atoms with Crippen LogP contribution in [-0.2, 0) is 10.0 Å². The summed E-state index contributed by atoms with van der Waals surface area (Å²) in [5, 5.41) is 3.09. The highest BCUT2D eigenvalue weighted by atomic mass is 32.2. The third-order valence-corrected chi connectivity index (χ3v) is 5.39. The van der Waals surface area contributed by atoms with Gasteiger partial charge >= 0.3 is 0 Å². The van der Waals surface area contributed by atoms with Crippen LogP contribution in [0.25, 0.3) is 0 Å². The molecule has 0 radical (unpaired) electrons. The zero-order valence-electron chi connectivity index (χ0n) is 16.2. The minimum absolute atomic E-state index is 0.116. The van der Waals surface area contributed by atoms with E-state index in [0.717, 1.165) is 11.1 Å². The van der Waals surface area contributed by atoms with Crippen molar-refractivity contribution in [3.63, 3.8) is 0 Å². The van der Waals surface area contributed by atoms with Crippen LogP contribution in [0.3, 0.4) is 0 Å². The lowest BCUT2D eigenvalue weighted by atomic mass is 10.2. The first-order valence-corrected chi connectivity index (χ1v) is 10.1. The van der Waals surface area contributed by atoms with E-state index in [-0.39, 0.29) is 16.4 Å². The number of hydrogen-bond donors (Lipinski definition) is 4. The lowest BCUT2D eigenvalue weighted by molar-refractivity contribution is 0.416. The largest absolute Gasteiger partial charge is 0.495 e. The monoisotopic (exact) mass is 414 g/mol. The van der Waals surface area contributed by atoms with Crippen molar-refractivity contribution >= 4 is 33.0 Å². The maximum absolute atomic E-state index is 12.4. The molecule has 0 fully saturated rings. The van der Waals surface area contributed by atoms with Crippen molar-refractivity contribution in [1.29, 1.82) is 0 Å². The van der Waals surface area contributed by atoms with Crippen LogP contribution >= 0.6 is 0 Å². The molecular weight excluding hydrogens is 392 g/mol. The van der Waals surface area contributed by atoms with Gasteiger partial charge in [0.05, 0.1) is 17.7 Å². The van der Waals surface area contributed by atoms with Crippen LogP contribution in [-0.4, -0.2) is 25.5 Å². The Balaban J connectivity index is 1.80. The van der Waals surface area contributed by atoms with E-state index in [0.29, 0.717) is 17.3 Å². The van der Waals surface area contributed by atoms with Crippen molar-refractivity contribution in [2.75, 3.05) is 23.6 Å². The topological polar surface area (TPSA) is 131 Å². The lowest BCUT2D eigenvalue weighted by Gasteiger charge is -2.15. The smallest absolute Gasteiger partial charge is 0.257 e. The number of aromatic nitrogens is 2. The number of hydrazine groups is 1. The normalized spacial score (nSPS) is 11.1. The number of anilines is 4. The van der Waals surface area contributed by atoms with Crippen molar-refractivity contribution in [2.24, 2.45) is 0 Å². The SMILES string of the molecule is COc1ccc(C)cc1Nc1ncnc(NNS(=O)(=O)c2ccc(C)cc2)c1N. The molecule has 1 aromatic heterocycles. The van der Waals surface area contributed by atoms with E-state index >= 15 is 0 Å². The number of aryl methyl sites for hydroxylation is 2. The molecule has 0 atom stereocenters. The summed E-state index contributed by atoms with van der Waals surface area (Å²) in [6.45, 7) is 3.82. The summed E-state index contributed by atoms with van der Waals surface area (Å²) in [7, 11) is -2.24. The fraction of sp³-hybridized carbons (Fsp3) is 0.158. The summed E-state index contributed by atoms with van der Waals surface area (Å²) >= 11 is 0. The van der Waals surface area contributed by atoms with Gasteiger partial charge in [-0.05, 0) is 43.7 Å². The molecule has 0 saturated heterocycles. The first-order valence-electron chi connectivity index (χ1n) is 8.67. The number of methoxy groups -OCH3 is 1. The number of nitrogen functional groups attached to an aromatic ring is 1. The molecule has 152 valence electrons. The Morgan fingerprint density at radius 3 is 2.31 bits per heavy atom. The third-order valence-electron chi connectivity index (χ3n) is 4.13. The summed E-state index contributed by atoms with van der Waals surface area (Å²) in [5.74, 6) is 1.04. The summed E-state index contributed by atoms with van der Waals surface area (Å²) < 4.78 is 30.2. The molecule has 0 aliphatic rings. The molecule has 0 spiro atoms. The molecule has 2 aromatic carbocycles. The van der Waals surface area contributed by atoms with Crippen molar-refractivity contribution in [2.45, 2.75) is 18.7 Å². The summed E-state index contributed by atoms with van der Waals surface area (Å²) in [4.78, 5) is 10.5. The van der Waals surface area contributed by atoms with Gasteiger partial charge in [-0.3, -0.25) is 5.43 Å². The van der Waals surface area contributed by atoms with Gasteiger partial charge in [-0.25, -0.2) is 18.4 Å². The standard InChI is InChI=1S/C19H22N6O3S/c1-12-4-7-14(8-5-12)29(26,27)25-24-19-17(20)18(21-11-22-19)23-15-10-13(2)6-9-16(15)28-3/h4-11,25H,20H2,1-3H3,(H2,21,22,23,24). The van der Waals surface area contributed by atoms with Gasteiger partial charge in [0.2, 0.25) is 0 Å². The average Bonchev–Trinajstić information content (AvgIpc) is 2.69. The first-order chi connectivity index (χ1) is 13.8. The van der Waals surface area contributed by atoms with Crippen LogP contribution in [0.15, 0.2) is 53.7 Å². The van der Waals surface area contributed by atoms with E-state index < -0.39 is 10.0 Å². The van der Waals surface area contributed by atoms with Gasteiger partial charge in [-0.1, -0.05) is 23.8 Å². The highest BCUT2D eigenvalue weighted by Gasteiger charge is 2.16. The fourth-order valence-electron chi connectivity index (χ4n) is 2.53. The summed E-state index contributed by atoms with van der Waals surface area (Å²) in [6.07, 6.45) is 1.27. The lowest BCUT2D eigenvalue weighted by Crippen LogP contribution is -2.30. The quantitative estimate of drug-likeness (QED) is 0.434. The Kier molecular flexibility index (Phi) is 5.85. The number of nitrogens with one attached hydrogen (secondary N) is 3. The zero-order valence-corrected chi connectivity index (χ0v) is 17.0. The number of nitrogens with zero attached hydrogens (tertiary/aromatic N) is 2. The van der Waals surface area contributed by atoms with Crippen LogP contribution < -0.4 is 26.0 Å². The molecule has 9 nitrogen and oxygen atoms in total. The van der Waals surface area contributed by atoms with E-state index in [1.807, 2.05) is 32.0 Å². The van der Waals surface area contributed by atoms with E-state index in [2.05, 4.69) is 25.5 Å².